The first kappa shape index (κ1) is 15.9. The first-order valence-corrected chi connectivity index (χ1v) is 7.69. The predicted octanol–water partition coefficient (Wildman–Crippen LogP) is 2.66. The maximum absolute atomic E-state index is 11.8. The fourth-order valence-electron chi connectivity index (χ4n) is 0.730. The van der Waals surface area contributed by atoms with Crippen LogP contribution in [0.1, 0.15) is 13.8 Å². The van der Waals surface area contributed by atoms with Crippen LogP contribution in [0.25, 0.3) is 0 Å². The van der Waals surface area contributed by atoms with Crippen molar-refractivity contribution in [2.75, 3.05) is 27.4 Å². The largest absolute Gasteiger partial charge is 0.406 e. The Bertz CT molecular complexity index is 337. The Morgan fingerprint density at radius 2 is 1.25 bits per heavy atom. The Balaban J connectivity index is 4.95. The van der Waals surface area contributed by atoms with Gasteiger partial charge in [0, 0.05) is 25.5 Å². The van der Waals surface area contributed by atoms with Crippen molar-refractivity contribution in [1.82, 2.24) is 0 Å². The molecule has 0 unspecified atom stereocenters. The zero-order valence-corrected chi connectivity index (χ0v) is 11.5. The van der Waals surface area contributed by atoms with Gasteiger partial charge in [0.1, 0.15) is 0 Å². The zero-order valence-electron chi connectivity index (χ0n) is 9.76. The van der Waals surface area contributed by atoms with Crippen LogP contribution in [-0.4, -0.2) is 27.4 Å². The SMILES string of the molecule is CCOP(=O)(C#CP(=O)(OC)OC)OCC. The van der Waals surface area contributed by atoms with Crippen molar-refractivity contribution in [2.24, 2.45) is 0 Å². The van der Waals surface area contributed by atoms with Crippen molar-refractivity contribution in [3.63, 3.8) is 0 Å². The van der Waals surface area contributed by atoms with Gasteiger partial charge in [0.15, 0.2) is 0 Å². The molecule has 0 bridgehead atoms. The van der Waals surface area contributed by atoms with Crippen LogP contribution in [0.3, 0.4) is 0 Å². The molecule has 0 rings (SSSR count). The molecule has 0 saturated heterocycles. The minimum Gasteiger partial charge on any atom is -0.303 e. The van der Waals surface area contributed by atoms with E-state index in [9.17, 15) is 9.13 Å². The van der Waals surface area contributed by atoms with E-state index in [1.54, 1.807) is 13.8 Å². The molecule has 8 heteroatoms. The van der Waals surface area contributed by atoms with E-state index in [0.717, 1.165) is 0 Å². The molecule has 0 aliphatic heterocycles. The third-order valence-corrected chi connectivity index (χ3v) is 4.51. The highest BCUT2D eigenvalue weighted by atomic mass is 31.2. The lowest BCUT2D eigenvalue weighted by Crippen LogP contribution is -1.93. The minimum atomic E-state index is -3.54. The van der Waals surface area contributed by atoms with E-state index >= 15 is 0 Å². The van der Waals surface area contributed by atoms with Crippen molar-refractivity contribution in [2.45, 2.75) is 13.8 Å². The topological polar surface area (TPSA) is 71.1 Å². The van der Waals surface area contributed by atoms with Gasteiger partial charge in [-0.05, 0) is 13.8 Å². The van der Waals surface area contributed by atoms with Crippen molar-refractivity contribution >= 4 is 15.2 Å². The molecule has 0 heterocycles. The molecule has 0 aromatic carbocycles. The smallest absolute Gasteiger partial charge is 0.303 e. The van der Waals surface area contributed by atoms with Gasteiger partial charge in [-0.2, -0.15) is 0 Å². The number of rotatable bonds is 6. The normalized spacial score (nSPS) is 12.0. The molecule has 0 aromatic rings. The third-order valence-electron chi connectivity index (χ3n) is 1.40. The van der Waals surface area contributed by atoms with Crippen LogP contribution < -0.4 is 0 Å². The maximum Gasteiger partial charge on any atom is 0.406 e. The van der Waals surface area contributed by atoms with Gasteiger partial charge in [-0.1, -0.05) is 0 Å². The van der Waals surface area contributed by atoms with Crippen molar-refractivity contribution < 1.29 is 27.2 Å². The standard InChI is InChI=1S/C8H16O6P2/c1-5-13-16(10,14-6-2)8-7-15(9,11-3)12-4/h5-6H2,1-4H3. The number of hydrogen-bond donors (Lipinski definition) is 0. The van der Waals surface area contributed by atoms with Crippen LogP contribution in [0, 0.1) is 11.3 Å². The van der Waals surface area contributed by atoms with Crippen LogP contribution in [-0.2, 0) is 27.2 Å². The van der Waals surface area contributed by atoms with Gasteiger partial charge >= 0.3 is 15.2 Å². The molecule has 0 atom stereocenters. The van der Waals surface area contributed by atoms with Crippen LogP contribution in [0.5, 0.6) is 0 Å². The van der Waals surface area contributed by atoms with Crippen molar-refractivity contribution in [3.8, 4) is 11.3 Å². The summed E-state index contributed by atoms with van der Waals surface area (Å²) in [6.07, 6.45) is 0. The summed E-state index contributed by atoms with van der Waals surface area (Å²) in [6, 6.07) is 0. The molecule has 0 aliphatic carbocycles. The Morgan fingerprint density at radius 3 is 1.56 bits per heavy atom. The van der Waals surface area contributed by atoms with Crippen LogP contribution in [0.2, 0.25) is 0 Å². The summed E-state index contributed by atoms with van der Waals surface area (Å²) >= 11 is 0. The van der Waals surface area contributed by atoms with E-state index in [1.165, 1.54) is 14.2 Å². The second kappa shape index (κ2) is 7.24. The van der Waals surface area contributed by atoms with Crippen molar-refractivity contribution in [3.05, 3.63) is 0 Å². The molecule has 6 nitrogen and oxygen atoms in total. The Hall–Kier alpha value is -0.140. The molecular formula is C8H16O6P2. The fraction of sp³-hybridized carbons (Fsp3) is 0.750. The summed E-state index contributed by atoms with van der Waals surface area (Å²) in [5.41, 5.74) is 4.34. The summed E-state index contributed by atoms with van der Waals surface area (Å²) in [4.78, 5) is 0. The lowest BCUT2D eigenvalue weighted by Gasteiger charge is -2.10. The van der Waals surface area contributed by atoms with E-state index in [-0.39, 0.29) is 13.2 Å². The highest BCUT2D eigenvalue weighted by Crippen LogP contribution is 2.51. The summed E-state index contributed by atoms with van der Waals surface area (Å²) < 4.78 is 42.3. The van der Waals surface area contributed by atoms with E-state index in [4.69, 9.17) is 9.05 Å². The highest BCUT2D eigenvalue weighted by molar-refractivity contribution is 7.63. The quantitative estimate of drug-likeness (QED) is 0.545. The predicted molar refractivity (Wildman–Crippen MR) is 60.3 cm³/mol. The van der Waals surface area contributed by atoms with Gasteiger partial charge in [0.2, 0.25) is 0 Å². The minimum absolute atomic E-state index is 0.177. The average molecular weight is 270 g/mol. The molecular weight excluding hydrogens is 254 g/mol. The van der Waals surface area contributed by atoms with Crippen LogP contribution in [0.4, 0.5) is 0 Å². The second-order valence-corrected chi connectivity index (χ2v) is 6.10. The lowest BCUT2D eigenvalue weighted by molar-refractivity contribution is 0.230. The summed E-state index contributed by atoms with van der Waals surface area (Å²) in [6.45, 7) is 3.66. The summed E-state index contributed by atoms with van der Waals surface area (Å²) in [5, 5.41) is 0. The van der Waals surface area contributed by atoms with Crippen LogP contribution >= 0.6 is 15.2 Å². The summed E-state index contributed by atoms with van der Waals surface area (Å²) in [5.74, 6) is 0. The molecule has 0 N–H and O–H groups in total. The molecule has 0 spiro atoms. The van der Waals surface area contributed by atoms with Crippen molar-refractivity contribution in [1.29, 1.82) is 0 Å². The lowest BCUT2D eigenvalue weighted by atomic mass is 10.9. The average Bonchev–Trinajstić information content (AvgIpc) is 2.27. The van der Waals surface area contributed by atoms with E-state index in [0.29, 0.717) is 0 Å². The number of hydrogen-bond acceptors (Lipinski definition) is 6. The molecule has 0 radical (unpaired) electrons. The molecule has 94 valence electrons. The molecule has 0 amide bonds. The van der Waals surface area contributed by atoms with E-state index < -0.39 is 15.2 Å². The van der Waals surface area contributed by atoms with Gasteiger partial charge in [-0.15, -0.1) is 0 Å². The molecule has 0 aliphatic rings. The molecule has 0 saturated carbocycles. The monoisotopic (exact) mass is 270 g/mol. The fourth-order valence-corrected chi connectivity index (χ4v) is 2.92. The Labute approximate surface area is 95.7 Å². The van der Waals surface area contributed by atoms with Gasteiger partial charge in [-0.25, -0.2) is 9.13 Å². The first-order valence-electron chi connectivity index (χ1n) is 4.60. The van der Waals surface area contributed by atoms with E-state index in [1.807, 2.05) is 0 Å². The van der Waals surface area contributed by atoms with Gasteiger partial charge in [0.05, 0.1) is 13.2 Å². The second-order valence-electron chi connectivity index (χ2n) is 2.42. The third kappa shape index (κ3) is 5.27. The van der Waals surface area contributed by atoms with Gasteiger partial charge in [0.25, 0.3) is 0 Å². The zero-order chi connectivity index (χ0) is 12.7. The van der Waals surface area contributed by atoms with E-state index in [2.05, 4.69) is 20.4 Å². The van der Waals surface area contributed by atoms with Crippen LogP contribution in [0.15, 0.2) is 0 Å². The van der Waals surface area contributed by atoms with Gasteiger partial charge in [-0.3, -0.25) is 9.05 Å². The Kier molecular flexibility index (Phi) is 7.17. The molecule has 0 fully saturated rings. The first-order chi connectivity index (χ1) is 7.45. The molecule has 0 aromatic heterocycles. The maximum atomic E-state index is 11.8. The molecule has 16 heavy (non-hydrogen) atoms. The summed E-state index contributed by atoms with van der Waals surface area (Å²) in [7, 11) is -4.68. The van der Waals surface area contributed by atoms with Gasteiger partial charge < -0.3 is 9.05 Å². The highest BCUT2D eigenvalue weighted by Gasteiger charge is 2.23. The Morgan fingerprint density at radius 1 is 0.875 bits per heavy atom.